The van der Waals surface area contributed by atoms with Crippen LogP contribution in [-0.4, -0.2) is 36.0 Å². The van der Waals surface area contributed by atoms with Gasteiger partial charge in [-0.05, 0) is 30.4 Å². The lowest BCUT2D eigenvalue weighted by Crippen LogP contribution is -2.47. The highest BCUT2D eigenvalue weighted by Gasteiger charge is 2.20. The topological polar surface area (TPSA) is 61.4 Å². The number of fused-ring (bicyclic) bond motifs is 1. The Kier molecular flexibility index (Phi) is 5.41. The Bertz CT molecular complexity index is 542. The van der Waals surface area contributed by atoms with Gasteiger partial charge in [0.15, 0.2) is 0 Å². The van der Waals surface area contributed by atoms with Gasteiger partial charge in [0.1, 0.15) is 0 Å². The minimum atomic E-state index is -0.285. The maximum Gasteiger partial charge on any atom is 0.315 e. The molecule has 1 aliphatic rings. The van der Waals surface area contributed by atoms with Crippen molar-refractivity contribution in [3.8, 4) is 0 Å². The first-order chi connectivity index (χ1) is 10.5. The van der Waals surface area contributed by atoms with Crippen LogP contribution in [0.5, 0.6) is 0 Å². The van der Waals surface area contributed by atoms with Crippen molar-refractivity contribution in [2.75, 3.05) is 13.1 Å². The molecule has 0 aliphatic carbocycles. The second-order valence-electron chi connectivity index (χ2n) is 6.19. The van der Waals surface area contributed by atoms with Crippen molar-refractivity contribution in [2.45, 2.75) is 39.8 Å². The number of rotatable bonds is 4. The Balaban J connectivity index is 1.80. The SMILES string of the molecule is CC(C)C(C)NC(=O)NCC(=O)N1CCc2ccccc2C1. The zero-order valence-corrected chi connectivity index (χ0v) is 13.6. The van der Waals surface area contributed by atoms with Crippen molar-refractivity contribution in [2.24, 2.45) is 5.92 Å². The number of carbonyl (C=O) groups is 2. The fourth-order valence-corrected chi connectivity index (χ4v) is 2.40. The predicted molar refractivity (Wildman–Crippen MR) is 86.4 cm³/mol. The van der Waals surface area contributed by atoms with Gasteiger partial charge in [0, 0.05) is 19.1 Å². The van der Waals surface area contributed by atoms with E-state index in [4.69, 9.17) is 0 Å². The van der Waals surface area contributed by atoms with Gasteiger partial charge < -0.3 is 15.5 Å². The van der Waals surface area contributed by atoms with Crippen molar-refractivity contribution in [3.05, 3.63) is 35.4 Å². The quantitative estimate of drug-likeness (QED) is 0.892. The van der Waals surface area contributed by atoms with Gasteiger partial charge in [-0.15, -0.1) is 0 Å². The number of benzene rings is 1. The molecule has 5 heteroatoms. The Labute approximate surface area is 132 Å². The van der Waals surface area contributed by atoms with Crippen molar-refractivity contribution in [1.29, 1.82) is 0 Å². The zero-order valence-electron chi connectivity index (χ0n) is 13.6. The van der Waals surface area contributed by atoms with E-state index in [0.29, 0.717) is 19.0 Å². The van der Waals surface area contributed by atoms with Gasteiger partial charge in [-0.3, -0.25) is 4.79 Å². The minimum absolute atomic E-state index is 0.0400. The summed E-state index contributed by atoms with van der Waals surface area (Å²) in [4.78, 5) is 25.8. The highest BCUT2D eigenvalue weighted by Crippen LogP contribution is 2.18. The maximum absolute atomic E-state index is 12.2. The molecular weight excluding hydrogens is 278 g/mol. The van der Waals surface area contributed by atoms with E-state index in [1.807, 2.05) is 32.9 Å². The summed E-state index contributed by atoms with van der Waals surface area (Å²) >= 11 is 0. The number of nitrogens with zero attached hydrogens (tertiary/aromatic N) is 1. The van der Waals surface area contributed by atoms with Crippen LogP contribution in [0.4, 0.5) is 4.79 Å². The number of urea groups is 1. The monoisotopic (exact) mass is 303 g/mol. The molecule has 0 aromatic heterocycles. The van der Waals surface area contributed by atoms with Crippen LogP contribution in [0.15, 0.2) is 24.3 Å². The van der Waals surface area contributed by atoms with Crippen molar-refractivity contribution >= 4 is 11.9 Å². The molecule has 2 N–H and O–H groups in total. The third-order valence-corrected chi connectivity index (χ3v) is 4.24. The van der Waals surface area contributed by atoms with Crippen LogP contribution in [0.3, 0.4) is 0 Å². The van der Waals surface area contributed by atoms with Gasteiger partial charge in [-0.25, -0.2) is 4.79 Å². The third kappa shape index (κ3) is 4.23. The first-order valence-corrected chi connectivity index (χ1v) is 7.86. The van der Waals surface area contributed by atoms with Crippen molar-refractivity contribution in [3.63, 3.8) is 0 Å². The van der Waals surface area contributed by atoms with Gasteiger partial charge in [0.2, 0.25) is 5.91 Å². The average Bonchev–Trinajstić information content (AvgIpc) is 2.52. The van der Waals surface area contributed by atoms with Gasteiger partial charge in [-0.1, -0.05) is 38.1 Å². The summed E-state index contributed by atoms with van der Waals surface area (Å²) < 4.78 is 0. The molecule has 5 nitrogen and oxygen atoms in total. The van der Waals surface area contributed by atoms with Crippen LogP contribution >= 0.6 is 0 Å². The largest absolute Gasteiger partial charge is 0.336 e. The molecule has 0 radical (unpaired) electrons. The number of nitrogens with one attached hydrogen (secondary N) is 2. The Morgan fingerprint density at radius 3 is 2.55 bits per heavy atom. The molecule has 0 spiro atoms. The van der Waals surface area contributed by atoms with Crippen LogP contribution in [0.1, 0.15) is 31.9 Å². The van der Waals surface area contributed by atoms with Crippen LogP contribution in [0.25, 0.3) is 0 Å². The van der Waals surface area contributed by atoms with Gasteiger partial charge >= 0.3 is 6.03 Å². The van der Waals surface area contributed by atoms with E-state index >= 15 is 0 Å². The average molecular weight is 303 g/mol. The molecule has 22 heavy (non-hydrogen) atoms. The summed E-state index contributed by atoms with van der Waals surface area (Å²) in [5.41, 5.74) is 2.50. The van der Waals surface area contributed by atoms with Crippen LogP contribution < -0.4 is 10.6 Å². The van der Waals surface area contributed by atoms with E-state index in [1.165, 1.54) is 11.1 Å². The van der Waals surface area contributed by atoms with E-state index in [1.54, 1.807) is 4.90 Å². The highest BCUT2D eigenvalue weighted by molar-refractivity contribution is 5.84. The first-order valence-electron chi connectivity index (χ1n) is 7.86. The first kappa shape index (κ1) is 16.3. The molecule has 0 saturated heterocycles. The molecule has 1 atom stereocenters. The summed E-state index contributed by atoms with van der Waals surface area (Å²) in [5, 5.41) is 5.48. The number of carbonyl (C=O) groups excluding carboxylic acids is 2. The van der Waals surface area contributed by atoms with Crippen molar-refractivity contribution < 1.29 is 9.59 Å². The summed E-state index contributed by atoms with van der Waals surface area (Å²) in [6, 6.07) is 7.98. The lowest BCUT2D eigenvalue weighted by molar-refractivity contribution is -0.131. The van der Waals surface area contributed by atoms with Crippen LogP contribution in [-0.2, 0) is 17.8 Å². The number of hydrogen-bond donors (Lipinski definition) is 2. The second kappa shape index (κ2) is 7.29. The molecule has 1 aromatic rings. The standard InChI is InChI=1S/C17H25N3O2/c1-12(2)13(3)19-17(22)18-10-16(21)20-9-8-14-6-4-5-7-15(14)11-20/h4-7,12-13H,8-11H2,1-3H3,(H2,18,19,22). The highest BCUT2D eigenvalue weighted by atomic mass is 16.2. The third-order valence-electron chi connectivity index (χ3n) is 4.24. The summed E-state index contributed by atoms with van der Waals surface area (Å²) in [6.07, 6.45) is 0.874. The lowest BCUT2D eigenvalue weighted by atomic mass is 10.00. The summed E-state index contributed by atoms with van der Waals surface area (Å²) in [5.74, 6) is 0.321. The van der Waals surface area contributed by atoms with E-state index in [9.17, 15) is 9.59 Å². The van der Waals surface area contributed by atoms with Crippen LogP contribution in [0, 0.1) is 5.92 Å². The zero-order chi connectivity index (χ0) is 16.1. The minimum Gasteiger partial charge on any atom is -0.336 e. The van der Waals surface area contributed by atoms with E-state index in [-0.39, 0.29) is 24.5 Å². The van der Waals surface area contributed by atoms with Gasteiger partial charge in [0.25, 0.3) is 0 Å². The smallest absolute Gasteiger partial charge is 0.315 e. The second-order valence-corrected chi connectivity index (χ2v) is 6.19. The number of amides is 3. The Hall–Kier alpha value is -2.04. The molecule has 1 aromatic carbocycles. The molecule has 0 fully saturated rings. The molecule has 1 unspecified atom stereocenters. The molecule has 1 heterocycles. The summed E-state index contributed by atoms with van der Waals surface area (Å²) in [6.45, 7) is 7.41. The predicted octanol–water partition coefficient (Wildman–Crippen LogP) is 1.91. The summed E-state index contributed by atoms with van der Waals surface area (Å²) in [7, 11) is 0. The molecule has 120 valence electrons. The van der Waals surface area contributed by atoms with Gasteiger partial charge in [0.05, 0.1) is 6.54 Å². The molecule has 3 amide bonds. The fourth-order valence-electron chi connectivity index (χ4n) is 2.40. The molecule has 0 saturated carbocycles. The fraction of sp³-hybridized carbons (Fsp3) is 0.529. The maximum atomic E-state index is 12.2. The molecular formula is C17H25N3O2. The van der Waals surface area contributed by atoms with Crippen LogP contribution in [0.2, 0.25) is 0 Å². The van der Waals surface area contributed by atoms with E-state index < -0.39 is 0 Å². The van der Waals surface area contributed by atoms with E-state index in [2.05, 4.69) is 22.8 Å². The lowest BCUT2D eigenvalue weighted by Gasteiger charge is -2.29. The van der Waals surface area contributed by atoms with Crippen molar-refractivity contribution in [1.82, 2.24) is 15.5 Å². The number of hydrogen-bond acceptors (Lipinski definition) is 2. The van der Waals surface area contributed by atoms with Gasteiger partial charge in [-0.2, -0.15) is 0 Å². The van der Waals surface area contributed by atoms with E-state index in [0.717, 1.165) is 6.42 Å². The molecule has 2 rings (SSSR count). The normalized spacial score (nSPS) is 15.2. The Morgan fingerprint density at radius 1 is 1.18 bits per heavy atom. The Morgan fingerprint density at radius 2 is 1.86 bits per heavy atom. The molecule has 1 aliphatic heterocycles. The molecule has 0 bridgehead atoms.